The minimum absolute atomic E-state index is 0.0840. The van der Waals surface area contributed by atoms with Crippen LogP contribution in [0.3, 0.4) is 0 Å². The molecule has 4 aromatic rings. The lowest BCUT2D eigenvalue weighted by molar-refractivity contribution is 0.215. The van der Waals surface area contributed by atoms with Crippen LogP contribution in [0.1, 0.15) is 30.3 Å². The molecule has 1 aliphatic rings. The van der Waals surface area contributed by atoms with E-state index >= 15 is 0 Å². The largest absolute Gasteiger partial charge is 0.418 e. The maximum atomic E-state index is 6.17. The molecule has 0 bridgehead atoms. The van der Waals surface area contributed by atoms with Gasteiger partial charge in [0, 0.05) is 18.1 Å². The maximum absolute atomic E-state index is 6.17. The van der Waals surface area contributed by atoms with Crippen LogP contribution in [0.4, 0.5) is 0 Å². The number of likely N-dealkylation sites (tertiary alicyclic amines) is 1. The molecule has 1 saturated heterocycles. The molecule has 0 radical (unpaired) electrons. The molecule has 1 atom stereocenters. The Hall–Kier alpha value is -2.47. The number of hydrogen-bond donors (Lipinski definition) is 0. The van der Waals surface area contributed by atoms with Crippen molar-refractivity contribution >= 4 is 34.0 Å². The van der Waals surface area contributed by atoms with Crippen molar-refractivity contribution in [2.75, 3.05) is 6.54 Å². The van der Waals surface area contributed by atoms with Gasteiger partial charge in [0.15, 0.2) is 0 Å². The molecular weight excluding hydrogens is 407 g/mol. The number of nitrogens with zero attached hydrogens (tertiary/aromatic N) is 4. The molecule has 29 heavy (non-hydrogen) atoms. The van der Waals surface area contributed by atoms with Gasteiger partial charge in [0.1, 0.15) is 5.69 Å². The average Bonchev–Trinajstić information content (AvgIpc) is 3.40. The second kappa shape index (κ2) is 7.75. The molecule has 5 rings (SSSR count). The highest BCUT2D eigenvalue weighted by atomic mass is 35.5. The van der Waals surface area contributed by atoms with E-state index in [0.717, 1.165) is 48.0 Å². The molecule has 0 saturated carbocycles. The molecule has 0 aliphatic carbocycles. The highest BCUT2D eigenvalue weighted by Crippen LogP contribution is 2.35. The molecule has 0 N–H and O–H groups in total. The molecule has 0 spiro atoms. The molecule has 2 aromatic heterocycles. The monoisotopic (exact) mass is 424 g/mol. The second-order valence-corrected chi connectivity index (χ2v) is 8.02. The number of pyridine rings is 1. The van der Waals surface area contributed by atoms with E-state index in [-0.39, 0.29) is 6.04 Å². The third-order valence-corrected chi connectivity index (χ3v) is 6.07. The van der Waals surface area contributed by atoms with Crippen LogP contribution in [0.15, 0.2) is 59.1 Å². The van der Waals surface area contributed by atoms with Gasteiger partial charge in [-0.2, -0.15) is 0 Å². The predicted molar refractivity (Wildman–Crippen MR) is 114 cm³/mol. The van der Waals surface area contributed by atoms with Crippen molar-refractivity contribution in [1.82, 2.24) is 20.1 Å². The van der Waals surface area contributed by atoms with Crippen LogP contribution in [0.5, 0.6) is 0 Å². The number of rotatable bonds is 4. The second-order valence-electron chi connectivity index (χ2n) is 7.20. The molecule has 1 aliphatic heterocycles. The topological polar surface area (TPSA) is 55.1 Å². The summed E-state index contributed by atoms with van der Waals surface area (Å²) in [7, 11) is 0. The molecule has 1 fully saturated rings. The molecule has 0 amide bonds. The zero-order valence-corrected chi connectivity index (χ0v) is 17.1. The Morgan fingerprint density at radius 1 is 1.03 bits per heavy atom. The summed E-state index contributed by atoms with van der Waals surface area (Å²) in [6, 6.07) is 15.9. The smallest absolute Gasteiger partial charge is 0.266 e. The highest BCUT2D eigenvalue weighted by Gasteiger charge is 2.31. The van der Waals surface area contributed by atoms with E-state index in [0.29, 0.717) is 21.8 Å². The summed E-state index contributed by atoms with van der Waals surface area (Å²) < 4.78 is 6.10. The van der Waals surface area contributed by atoms with Gasteiger partial charge in [-0.25, -0.2) is 0 Å². The predicted octanol–water partition coefficient (Wildman–Crippen LogP) is 5.93. The normalized spacial score (nSPS) is 17.2. The van der Waals surface area contributed by atoms with Gasteiger partial charge in [0.25, 0.3) is 5.89 Å². The van der Waals surface area contributed by atoms with Crippen LogP contribution in [-0.4, -0.2) is 26.6 Å². The Bertz CT molecular complexity index is 1170. The molecule has 0 unspecified atom stereocenters. The van der Waals surface area contributed by atoms with Crippen LogP contribution in [0, 0.1) is 0 Å². The Morgan fingerprint density at radius 3 is 2.83 bits per heavy atom. The SMILES string of the molecule is Clc1ccc(CN2CCC[C@@H]2c2nnc(-c3nccc4ccccc34)o2)cc1Cl. The van der Waals surface area contributed by atoms with Gasteiger partial charge in [0.2, 0.25) is 5.89 Å². The number of hydrogen-bond acceptors (Lipinski definition) is 5. The van der Waals surface area contributed by atoms with Gasteiger partial charge in [-0.3, -0.25) is 9.88 Å². The maximum Gasteiger partial charge on any atom is 0.266 e. The van der Waals surface area contributed by atoms with E-state index in [2.05, 4.69) is 20.1 Å². The number of aromatic nitrogens is 3. The Balaban J connectivity index is 1.42. The lowest BCUT2D eigenvalue weighted by atomic mass is 10.1. The van der Waals surface area contributed by atoms with Crippen LogP contribution in [0.25, 0.3) is 22.4 Å². The summed E-state index contributed by atoms with van der Waals surface area (Å²) in [5.41, 5.74) is 1.83. The summed E-state index contributed by atoms with van der Waals surface area (Å²) in [5.74, 6) is 1.09. The highest BCUT2D eigenvalue weighted by molar-refractivity contribution is 6.42. The summed E-state index contributed by atoms with van der Waals surface area (Å²) in [4.78, 5) is 6.83. The van der Waals surface area contributed by atoms with E-state index in [1.165, 1.54) is 0 Å². The van der Waals surface area contributed by atoms with Crippen LogP contribution < -0.4 is 0 Å². The lowest BCUT2D eigenvalue weighted by Gasteiger charge is -2.21. The number of halogens is 2. The van der Waals surface area contributed by atoms with Crippen molar-refractivity contribution in [3.05, 3.63) is 76.2 Å². The Morgan fingerprint density at radius 2 is 1.93 bits per heavy atom. The van der Waals surface area contributed by atoms with Gasteiger partial charge in [-0.05, 0) is 48.5 Å². The quantitative estimate of drug-likeness (QED) is 0.406. The van der Waals surface area contributed by atoms with Crippen LogP contribution >= 0.6 is 23.2 Å². The zero-order valence-electron chi connectivity index (χ0n) is 15.6. The fraction of sp³-hybridized carbons (Fsp3) is 0.227. The molecule has 146 valence electrons. The van der Waals surface area contributed by atoms with Crippen molar-refractivity contribution in [2.45, 2.75) is 25.4 Å². The summed E-state index contributed by atoms with van der Waals surface area (Å²) in [5, 5.41) is 11.9. The van der Waals surface area contributed by atoms with Crippen molar-refractivity contribution < 1.29 is 4.42 Å². The van der Waals surface area contributed by atoms with Crippen molar-refractivity contribution in [2.24, 2.45) is 0 Å². The third kappa shape index (κ3) is 3.62. The third-order valence-electron chi connectivity index (χ3n) is 5.34. The van der Waals surface area contributed by atoms with E-state index in [4.69, 9.17) is 27.6 Å². The van der Waals surface area contributed by atoms with Crippen LogP contribution in [-0.2, 0) is 6.54 Å². The molecule has 3 heterocycles. The minimum Gasteiger partial charge on any atom is -0.418 e. The van der Waals surface area contributed by atoms with E-state index in [1.54, 1.807) is 6.20 Å². The Kier molecular flexibility index (Phi) is 4.96. The number of fused-ring (bicyclic) bond motifs is 1. The fourth-order valence-electron chi connectivity index (χ4n) is 3.92. The van der Waals surface area contributed by atoms with E-state index in [9.17, 15) is 0 Å². The average molecular weight is 425 g/mol. The van der Waals surface area contributed by atoms with Crippen LogP contribution in [0.2, 0.25) is 10.0 Å². The first-order valence-corrected chi connectivity index (χ1v) is 10.3. The van der Waals surface area contributed by atoms with Gasteiger partial charge in [0.05, 0.1) is 16.1 Å². The molecule has 7 heteroatoms. The molecular formula is C22H18Cl2N4O. The fourth-order valence-corrected chi connectivity index (χ4v) is 4.24. The standard InChI is InChI=1S/C22H18Cl2N4O/c23-17-8-7-14(12-18(17)24)13-28-11-3-6-19(28)21-26-27-22(29-21)20-16-5-2-1-4-15(16)9-10-25-20/h1-2,4-5,7-10,12,19H,3,6,11,13H2/t19-/m1/s1. The van der Waals surface area contributed by atoms with Gasteiger partial charge < -0.3 is 4.42 Å². The minimum atomic E-state index is 0.0840. The molecule has 5 nitrogen and oxygen atoms in total. The zero-order chi connectivity index (χ0) is 19.8. The van der Waals surface area contributed by atoms with Gasteiger partial charge in [-0.1, -0.05) is 53.5 Å². The first-order valence-electron chi connectivity index (χ1n) is 9.54. The summed E-state index contributed by atoms with van der Waals surface area (Å²) >= 11 is 12.2. The van der Waals surface area contributed by atoms with E-state index < -0.39 is 0 Å². The van der Waals surface area contributed by atoms with Crippen molar-refractivity contribution in [1.29, 1.82) is 0 Å². The Labute approximate surface area is 178 Å². The van der Waals surface area contributed by atoms with Crippen molar-refractivity contribution in [3.8, 4) is 11.6 Å². The summed E-state index contributed by atoms with van der Waals surface area (Å²) in [6.45, 7) is 1.72. The first-order chi connectivity index (χ1) is 14.2. The van der Waals surface area contributed by atoms with E-state index in [1.807, 2.05) is 48.5 Å². The van der Waals surface area contributed by atoms with Gasteiger partial charge >= 0.3 is 0 Å². The number of benzene rings is 2. The van der Waals surface area contributed by atoms with Gasteiger partial charge in [-0.15, -0.1) is 10.2 Å². The van der Waals surface area contributed by atoms with Crippen molar-refractivity contribution in [3.63, 3.8) is 0 Å². The lowest BCUT2D eigenvalue weighted by Crippen LogP contribution is -2.23. The summed E-state index contributed by atoms with van der Waals surface area (Å²) in [6.07, 6.45) is 3.83. The first kappa shape index (κ1) is 18.6. The molecule has 2 aromatic carbocycles.